The molecule has 1 aromatic heterocycles. The summed E-state index contributed by atoms with van der Waals surface area (Å²) in [5.74, 6) is -0.195. The van der Waals surface area contributed by atoms with Crippen LogP contribution in [0.4, 0.5) is 0 Å². The van der Waals surface area contributed by atoms with Gasteiger partial charge < -0.3 is 14.4 Å². The molecule has 1 atom stereocenters. The number of nitrogens with zero attached hydrogens (tertiary/aromatic N) is 2. The molecule has 6 nitrogen and oxygen atoms in total. The molecule has 7 heteroatoms. The van der Waals surface area contributed by atoms with Gasteiger partial charge in [0.15, 0.2) is 11.7 Å². The van der Waals surface area contributed by atoms with Crippen LogP contribution >= 0.6 is 11.6 Å². The number of hydrogen-bond acceptors (Lipinski definition) is 4. The number of hydrogen-bond donors (Lipinski definition) is 1. The average Bonchev–Trinajstić information content (AvgIpc) is 3.06. The molecule has 0 spiro atoms. The number of aryl methyl sites for hydroxylation is 1. The van der Waals surface area contributed by atoms with E-state index in [1.807, 2.05) is 26.0 Å². The lowest BCUT2D eigenvalue weighted by Gasteiger charge is -2.26. The van der Waals surface area contributed by atoms with Gasteiger partial charge in [0.1, 0.15) is 6.54 Å². The molecule has 0 fully saturated rings. The smallest absolute Gasteiger partial charge is 0.323 e. The van der Waals surface area contributed by atoms with Gasteiger partial charge >= 0.3 is 5.97 Å². The van der Waals surface area contributed by atoms with E-state index in [9.17, 15) is 9.59 Å². The fourth-order valence-corrected chi connectivity index (χ4v) is 2.51. The minimum absolute atomic E-state index is 0.127. The molecule has 0 radical (unpaired) electrons. The van der Waals surface area contributed by atoms with E-state index in [4.69, 9.17) is 21.1 Å². The van der Waals surface area contributed by atoms with Gasteiger partial charge in [0, 0.05) is 29.5 Å². The second kappa shape index (κ2) is 8.67. The number of carboxylic acid groups (broad SMARTS) is 1. The predicted molar refractivity (Wildman–Crippen MR) is 94.4 cm³/mol. The lowest BCUT2D eigenvalue weighted by atomic mass is 10.2. The first kappa shape index (κ1) is 19.0. The molecule has 0 aliphatic heterocycles. The fraction of sp³-hybridized carbons (Fsp3) is 0.389. The molecule has 0 aliphatic carbocycles. The van der Waals surface area contributed by atoms with Crippen molar-refractivity contribution in [3.8, 4) is 11.3 Å². The number of carbonyl (C=O) groups excluding carboxylic acids is 1. The van der Waals surface area contributed by atoms with E-state index < -0.39 is 5.97 Å². The number of oxazole rings is 1. The van der Waals surface area contributed by atoms with Crippen LogP contribution in [0, 0.1) is 0 Å². The number of aliphatic carboxylic acids is 1. The first-order valence-corrected chi connectivity index (χ1v) is 8.50. The second-order valence-corrected chi connectivity index (χ2v) is 6.23. The zero-order chi connectivity index (χ0) is 18.4. The van der Waals surface area contributed by atoms with Crippen molar-refractivity contribution in [1.82, 2.24) is 9.88 Å². The molecular weight excluding hydrogens is 344 g/mol. The fourth-order valence-electron chi connectivity index (χ4n) is 2.39. The minimum Gasteiger partial charge on any atom is -0.480 e. The van der Waals surface area contributed by atoms with E-state index in [1.165, 1.54) is 4.90 Å². The highest BCUT2D eigenvalue weighted by atomic mass is 35.5. The van der Waals surface area contributed by atoms with Crippen LogP contribution in [0.25, 0.3) is 11.3 Å². The summed E-state index contributed by atoms with van der Waals surface area (Å²) < 4.78 is 5.67. The largest absolute Gasteiger partial charge is 0.480 e. The maximum absolute atomic E-state index is 12.3. The highest BCUT2D eigenvalue weighted by Crippen LogP contribution is 2.23. The standard InChI is InChI=1S/C18H21ClN2O4/c1-3-12(2)21(11-18(23)24)17(22)9-8-16-20-10-15(25-16)13-4-6-14(19)7-5-13/h4-7,10,12H,3,8-9,11H2,1-2H3,(H,23,24). The van der Waals surface area contributed by atoms with Gasteiger partial charge in [-0.1, -0.05) is 18.5 Å². The van der Waals surface area contributed by atoms with Gasteiger partial charge in [-0.05, 0) is 37.6 Å². The first-order valence-electron chi connectivity index (χ1n) is 8.12. The Morgan fingerprint density at radius 1 is 1.32 bits per heavy atom. The third-order valence-corrected chi connectivity index (χ3v) is 4.24. The van der Waals surface area contributed by atoms with Crippen molar-refractivity contribution in [1.29, 1.82) is 0 Å². The Labute approximate surface area is 151 Å². The number of halogens is 1. The molecule has 2 aromatic rings. The Hall–Kier alpha value is -2.34. The molecular formula is C18H21ClN2O4. The van der Waals surface area contributed by atoms with Crippen molar-refractivity contribution < 1.29 is 19.1 Å². The van der Waals surface area contributed by atoms with E-state index >= 15 is 0 Å². The molecule has 1 N–H and O–H groups in total. The lowest BCUT2D eigenvalue weighted by molar-refractivity contribution is -0.146. The van der Waals surface area contributed by atoms with Crippen LogP contribution in [0.3, 0.4) is 0 Å². The Balaban J connectivity index is 1.99. The summed E-state index contributed by atoms with van der Waals surface area (Å²) in [5, 5.41) is 9.61. The van der Waals surface area contributed by atoms with E-state index in [-0.39, 0.29) is 24.9 Å². The van der Waals surface area contributed by atoms with Gasteiger partial charge in [0.2, 0.25) is 5.91 Å². The third-order valence-electron chi connectivity index (χ3n) is 3.98. The summed E-state index contributed by atoms with van der Waals surface area (Å²) >= 11 is 5.86. The molecule has 1 unspecified atom stereocenters. The topological polar surface area (TPSA) is 83.6 Å². The van der Waals surface area contributed by atoms with Gasteiger partial charge in [0.25, 0.3) is 0 Å². The van der Waals surface area contributed by atoms with Crippen LogP contribution in [0.15, 0.2) is 34.9 Å². The number of carboxylic acids is 1. The summed E-state index contributed by atoms with van der Waals surface area (Å²) in [6.07, 6.45) is 2.77. The van der Waals surface area contributed by atoms with Crippen LogP contribution in [0.1, 0.15) is 32.6 Å². The van der Waals surface area contributed by atoms with Gasteiger partial charge in [-0.15, -0.1) is 0 Å². The lowest BCUT2D eigenvalue weighted by Crippen LogP contribution is -2.41. The molecule has 134 valence electrons. The average molecular weight is 365 g/mol. The van der Waals surface area contributed by atoms with Gasteiger partial charge in [0.05, 0.1) is 6.20 Å². The maximum Gasteiger partial charge on any atom is 0.323 e. The normalized spacial score (nSPS) is 12.0. The third kappa shape index (κ3) is 5.32. The highest BCUT2D eigenvalue weighted by molar-refractivity contribution is 6.30. The molecule has 1 amide bonds. The molecule has 0 saturated heterocycles. The van der Waals surface area contributed by atoms with Crippen LogP contribution in [0.5, 0.6) is 0 Å². The minimum atomic E-state index is -1.02. The second-order valence-electron chi connectivity index (χ2n) is 5.80. The molecule has 0 bridgehead atoms. The number of carbonyl (C=O) groups is 2. The van der Waals surface area contributed by atoms with E-state index in [1.54, 1.807) is 18.3 Å². The predicted octanol–water partition coefficient (Wildman–Crippen LogP) is 3.64. The zero-order valence-corrected chi connectivity index (χ0v) is 15.0. The summed E-state index contributed by atoms with van der Waals surface area (Å²) in [7, 11) is 0. The zero-order valence-electron chi connectivity index (χ0n) is 14.2. The summed E-state index contributed by atoms with van der Waals surface area (Å²) in [4.78, 5) is 28.9. The van der Waals surface area contributed by atoms with Crippen molar-refractivity contribution in [2.45, 2.75) is 39.2 Å². The first-order chi connectivity index (χ1) is 11.9. The molecule has 0 aliphatic rings. The van der Waals surface area contributed by atoms with Crippen LogP contribution in [0.2, 0.25) is 5.02 Å². The van der Waals surface area contributed by atoms with Gasteiger partial charge in [-0.25, -0.2) is 4.98 Å². The number of amides is 1. The van der Waals surface area contributed by atoms with E-state index in [0.29, 0.717) is 29.5 Å². The van der Waals surface area contributed by atoms with Crippen LogP contribution in [-0.4, -0.2) is 39.5 Å². The summed E-state index contributed by atoms with van der Waals surface area (Å²) in [6.45, 7) is 3.46. The quantitative estimate of drug-likeness (QED) is 0.773. The number of rotatable bonds is 8. The van der Waals surface area contributed by atoms with Crippen LogP contribution < -0.4 is 0 Å². The van der Waals surface area contributed by atoms with Gasteiger partial charge in [-0.2, -0.15) is 0 Å². The Morgan fingerprint density at radius 2 is 2.00 bits per heavy atom. The number of aromatic nitrogens is 1. The Bertz CT molecular complexity index is 727. The van der Waals surface area contributed by atoms with Crippen molar-refractivity contribution in [3.63, 3.8) is 0 Å². The van der Waals surface area contributed by atoms with Crippen LogP contribution in [-0.2, 0) is 16.0 Å². The highest BCUT2D eigenvalue weighted by Gasteiger charge is 2.21. The van der Waals surface area contributed by atoms with E-state index in [2.05, 4.69) is 4.98 Å². The van der Waals surface area contributed by atoms with Crippen molar-refractivity contribution in [2.24, 2.45) is 0 Å². The van der Waals surface area contributed by atoms with Crippen molar-refractivity contribution in [3.05, 3.63) is 41.4 Å². The van der Waals surface area contributed by atoms with Gasteiger partial charge in [-0.3, -0.25) is 9.59 Å². The molecule has 1 heterocycles. The van der Waals surface area contributed by atoms with Crippen molar-refractivity contribution in [2.75, 3.05) is 6.54 Å². The summed E-state index contributed by atoms with van der Waals surface area (Å²) in [5.41, 5.74) is 0.849. The molecule has 2 rings (SSSR count). The Morgan fingerprint density at radius 3 is 2.60 bits per heavy atom. The summed E-state index contributed by atoms with van der Waals surface area (Å²) in [6, 6.07) is 7.06. The monoisotopic (exact) mass is 364 g/mol. The molecule has 0 saturated carbocycles. The number of benzene rings is 1. The molecule has 25 heavy (non-hydrogen) atoms. The SMILES string of the molecule is CCC(C)N(CC(=O)O)C(=O)CCc1ncc(-c2ccc(Cl)cc2)o1. The maximum atomic E-state index is 12.3. The molecule has 1 aromatic carbocycles. The Kier molecular flexibility index (Phi) is 6.58. The van der Waals surface area contributed by atoms with E-state index in [0.717, 1.165) is 5.56 Å². The van der Waals surface area contributed by atoms with Crippen molar-refractivity contribution >= 4 is 23.5 Å².